The van der Waals surface area contributed by atoms with E-state index in [1.54, 1.807) is 7.11 Å². The van der Waals surface area contributed by atoms with Crippen LogP contribution in [-0.4, -0.2) is 26.3 Å². The highest BCUT2D eigenvalue weighted by molar-refractivity contribution is 5.22. The van der Waals surface area contributed by atoms with E-state index in [0.29, 0.717) is 6.04 Å². The average Bonchev–Trinajstić information content (AvgIpc) is 2.41. The quantitative estimate of drug-likeness (QED) is 0.650. The zero-order chi connectivity index (χ0) is 13.9. The van der Waals surface area contributed by atoms with Gasteiger partial charge in [-0.25, -0.2) is 0 Å². The van der Waals surface area contributed by atoms with Crippen molar-refractivity contribution in [1.29, 1.82) is 0 Å². The van der Waals surface area contributed by atoms with Gasteiger partial charge in [0, 0.05) is 19.8 Å². The summed E-state index contributed by atoms with van der Waals surface area (Å²) in [6, 6.07) is 9.47. The molecule has 0 saturated carbocycles. The molecule has 1 aromatic rings. The summed E-state index contributed by atoms with van der Waals surface area (Å²) in [5.41, 5.74) is 2.81. The van der Waals surface area contributed by atoms with Gasteiger partial charge in [-0.3, -0.25) is 0 Å². The van der Waals surface area contributed by atoms with Gasteiger partial charge in [-0.05, 0) is 51.1 Å². The molecule has 0 aliphatic rings. The number of benzene rings is 1. The van der Waals surface area contributed by atoms with Crippen LogP contribution in [0.25, 0.3) is 0 Å². The summed E-state index contributed by atoms with van der Waals surface area (Å²) in [5, 5.41) is 3.66. The zero-order valence-corrected chi connectivity index (χ0v) is 12.7. The molecule has 19 heavy (non-hydrogen) atoms. The van der Waals surface area contributed by atoms with Gasteiger partial charge in [0.25, 0.3) is 0 Å². The summed E-state index contributed by atoms with van der Waals surface area (Å²) in [4.78, 5) is 0. The Kier molecular flexibility index (Phi) is 8.52. The third-order valence-corrected chi connectivity index (χ3v) is 3.45. The third kappa shape index (κ3) is 7.34. The molecule has 2 heteroatoms. The van der Waals surface area contributed by atoms with E-state index >= 15 is 0 Å². The summed E-state index contributed by atoms with van der Waals surface area (Å²) in [7, 11) is 1.78. The molecular formula is C17H29NO. The molecule has 0 heterocycles. The maximum absolute atomic E-state index is 5.15. The zero-order valence-electron chi connectivity index (χ0n) is 12.7. The van der Waals surface area contributed by atoms with E-state index in [9.17, 15) is 0 Å². The standard InChI is InChI=1S/C17H29NO/c1-4-12-18-17(9-6-13-19-3)11-10-16-8-5-7-15(2)14-16/h5,7-8,14,17-18H,4,6,9-13H2,1-3H3. The van der Waals surface area contributed by atoms with Crippen LogP contribution in [0.5, 0.6) is 0 Å². The van der Waals surface area contributed by atoms with Crippen molar-refractivity contribution in [2.24, 2.45) is 0 Å². The maximum Gasteiger partial charge on any atom is 0.0462 e. The van der Waals surface area contributed by atoms with Crippen LogP contribution in [-0.2, 0) is 11.2 Å². The number of hydrogen-bond acceptors (Lipinski definition) is 2. The summed E-state index contributed by atoms with van der Waals surface area (Å²) < 4.78 is 5.15. The first-order chi connectivity index (χ1) is 9.26. The van der Waals surface area contributed by atoms with Crippen LogP contribution in [0.3, 0.4) is 0 Å². The molecule has 0 bridgehead atoms. The molecule has 0 aliphatic heterocycles. The Balaban J connectivity index is 2.37. The Hall–Kier alpha value is -0.860. The molecule has 1 rings (SSSR count). The van der Waals surface area contributed by atoms with Gasteiger partial charge in [-0.15, -0.1) is 0 Å². The van der Waals surface area contributed by atoms with Crippen LogP contribution in [0, 0.1) is 6.92 Å². The van der Waals surface area contributed by atoms with Crippen molar-refractivity contribution in [3.8, 4) is 0 Å². The summed E-state index contributed by atoms with van der Waals surface area (Å²) in [6.45, 7) is 6.37. The van der Waals surface area contributed by atoms with Gasteiger partial charge in [0.2, 0.25) is 0 Å². The molecular weight excluding hydrogens is 234 g/mol. The van der Waals surface area contributed by atoms with Crippen molar-refractivity contribution in [2.45, 2.75) is 52.0 Å². The minimum atomic E-state index is 0.621. The molecule has 0 fully saturated rings. The lowest BCUT2D eigenvalue weighted by Gasteiger charge is -2.18. The van der Waals surface area contributed by atoms with Crippen molar-refractivity contribution < 1.29 is 4.74 Å². The van der Waals surface area contributed by atoms with Gasteiger partial charge in [0.05, 0.1) is 0 Å². The van der Waals surface area contributed by atoms with E-state index in [-0.39, 0.29) is 0 Å². The molecule has 0 radical (unpaired) electrons. The minimum Gasteiger partial charge on any atom is -0.385 e. The molecule has 2 nitrogen and oxygen atoms in total. The summed E-state index contributed by atoms with van der Waals surface area (Å²) >= 11 is 0. The molecule has 1 unspecified atom stereocenters. The van der Waals surface area contributed by atoms with Crippen LogP contribution in [0.2, 0.25) is 0 Å². The average molecular weight is 263 g/mol. The van der Waals surface area contributed by atoms with E-state index in [4.69, 9.17) is 4.74 Å². The molecule has 1 N–H and O–H groups in total. The first-order valence-electron chi connectivity index (χ1n) is 7.54. The first kappa shape index (κ1) is 16.2. The second-order valence-corrected chi connectivity index (χ2v) is 5.31. The monoisotopic (exact) mass is 263 g/mol. The first-order valence-corrected chi connectivity index (χ1v) is 7.54. The van der Waals surface area contributed by atoms with Crippen molar-refractivity contribution >= 4 is 0 Å². The predicted octanol–water partition coefficient (Wildman–Crippen LogP) is 3.72. The Morgan fingerprint density at radius 3 is 2.79 bits per heavy atom. The molecule has 1 atom stereocenters. The molecule has 0 amide bonds. The van der Waals surface area contributed by atoms with Crippen LogP contribution < -0.4 is 5.32 Å². The number of hydrogen-bond donors (Lipinski definition) is 1. The van der Waals surface area contributed by atoms with Gasteiger partial charge < -0.3 is 10.1 Å². The van der Waals surface area contributed by atoms with E-state index < -0.39 is 0 Å². The SMILES string of the molecule is CCCNC(CCCOC)CCc1cccc(C)c1. The fraction of sp³-hybridized carbons (Fsp3) is 0.647. The topological polar surface area (TPSA) is 21.3 Å². The maximum atomic E-state index is 5.15. The summed E-state index contributed by atoms with van der Waals surface area (Å²) in [5.74, 6) is 0. The largest absolute Gasteiger partial charge is 0.385 e. The lowest BCUT2D eigenvalue weighted by Crippen LogP contribution is -2.30. The normalized spacial score (nSPS) is 12.6. The van der Waals surface area contributed by atoms with Crippen LogP contribution in [0.1, 0.15) is 43.7 Å². The number of ether oxygens (including phenoxy) is 1. The van der Waals surface area contributed by atoms with Crippen LogP contribution in [0.4, 0.5) is 0 Å². The van der Waals surface area contributed by atoms with Crippen LogP contribution in [0.15, 0.2) is 24.3 Å². The van der Waals surface area contributed by atoms with Crippen molar-refractivity contribution in [3.63, 3.8) is 0 Å². The molecule has 108 valence electrons. The molecule has 0 saturated heterocycles. The molecule has 0 spiro atoms. The Morgan fingerprint density at radius 2 is 2.11 bits per heavy atom. The second kappa shape index (κ2) is 9.99. The van der Waals surface area contributed by atoms with E-state index in [0.717, 1.165) is 26.0 Å². The molecule has 1 aromatic carbocycles. The van der Waals surface area contributed by atoms with Gasteiger partial charge in [0.15, 0.2) is 0 Å². The van der Waals surface area contributed by atoms with Crippen LogP contribution >= 0.6 is 0 Å². The second-order valence-electron chi connectivity index (χ2n) is 5.31. The lowest BCUT2D eigenvalue weighted by molar-refractivity contribution is 0.188. The minimum absolute atomic E-state index is 0.621. The van der Waals surface area contributed by atoms with E-state index in [2.05, 4.69) is 43.4 Å². The highest BCUT2D eigenvalue weighted by atomic mass is 16.5. The molecule has 0 aromatic heterocycles. The van der Waals surface area contributed by atoms with Crippen molar-refractivity contribution in [1.82, 2.24) is 5.32 Å². The van der Waals surface area contributed by atoms with Gasteiger partial charge in [-0.2, -0.15) is 0 Å². The lowest BCUT2D eigenvalue weighted by atomic mass is 10.0. The van der Waals surface area contributed by atoms with E-state index in [1.807, 2.05) is 0 Å². The Morgan fingerprint density at radius 1 is 1.26 bits per heavy atom. The number of aryl methyl sites for hydroxylation is 2. The number of rotatable bonds is 10. The summed E-state index contributed by atoms with van der Waals surface area (Å²) in [6.07, 6.45) is 5.93. The van der Waals surface area contributed by atoms with E-state index in [1.165, 1.54) is 30.4 Å². The molecule has 0 aliphatic carbocycles. The van der Waals surface area contributed by atoms with Gasteiger partial charge in [0.1, 0.15) is 0 Å². The highest BCUT2D eigenvalue weighted by Crippen LogP contribution is 2.11. The third-order valence-electron chi connectivity index (χ3n) is 3.45. The Labute approximate surface area is 118 Å². The van der Waals surface area contributed by atoms with Crippen molar-refractivity contribution in [2.75, 3.05) is 20.3 Å². The predicted molar refractivity (Wildman–Crippen MR) is 82.7 cm³/mol. The fourth-order valence-corrected chi connectivity index (χ4v) is 2.38. The Bertz CT molecular complexity index is 338. The highest BCUT2D eigenvalue weighted by Gasteiger charge is 2.07. The van der Waals surface area contributed by atoms with Crippen molar-refractivity contribution in [3.05, 3.63) is 35.4 Å². The number of nitrogens with one attached hydrogen (secondary N) is 1. The smallest absolute Gasteiger partial charge is 0.0462 e. The van der Waals surface area contributed by atoms with Gasteiger partial charge >= 0.3 is 0 Å². The number of methoxy groups -OCH3 is 1. The fourth-order valence-electron chi connectivity index (χ4n) is 2.38. The van der Waals surface area contributed by atoms with Gasteiger partial charge in [-0.1, -0.05) is 36.8 Å².